The highest BCUT2D eigenvalue weighted by atomic mass is 16.5. The molecule has 0 aliphatic heterocycles. The Kier molecular flexibility index (Phi) is 9.14. The summed E-state index contributed by atoms with van der Waals surface area (Å²) >= 11 is 0. The van der Waals surface area contributed by atoms with Gasteiger partial charge in [-0.3, -0.25) is 4.79 Å². The van der Waals surface area contributed by atoms with Crippen LogP contribution in [0.1, 0.15) is 20.3 Å². The Morgan fingerprint density at radius 2 is 1.46 bits per heavy atom. The lowest BCUT2D eigenvalue weighted by Crippen LogP contribution is -2.09. The van der Waals surface area contributed by atoms with Crippen molar-refractivity contribution in [3.63, 3.8) is 0 Å². The summed E-state index contributed by atoms with van der Waals surface area (Å²) in [6.45, 7) is 4.07. The maximum absolute atomic E-state index is 10.2. The van der Waals surface area contributed by atoms with Gasteiger partial charge in [-0.15, -0.1) is 0 Å². The van der Waals surface area contributed by atoms with Gasteiger partial charge in [0.2, 0.25) is 0 Å². The van der Waals surface area contributed by atoms with Crippen LogP contribution in [0.2, 0.25) is 0 Å². The summed E-state index contributed by atoms with van der Waals surface area (Å²) in [5.74, 6) is -3.77. The topological polar surface area (TPSA) is 101 Å². The summed E-state index contributed by atoms with van der Waals surface area (Å²) in [4.78, 5) is 28.4. The molecule has 2 N–H and O–H groups in total. The van der Waals surface area contributed by atoms with E-state index in [9.17, 15) is 4.79 Å². The Bertz CT molecular complexity index is 173. The van der Waals surface area contributed by atoms with Crippen molar-refractivity contribution >= 4 is 17.9 Å². The van der Waals surface area contributed by atoms with E-state index >= 15 is 0 Å². The number of carboxylic acid groups (broad SMARTS) is 2. The molecule has 0 fully saturated rings. The maximum Gasteiger partial charge on any atom is 0.414 e. The quantitative estimate of drug-likeness (QED) is 0.475. The van der Waals surface area contributed by atoms with Crippen LogP contribution in [-0.2, 0) is 19.1 Å². The average Bonchev–Trinajstić information content (AvgIpc) is 2.05. The first-order chi connectivity index (χ1) is 5.95. The fourth-order valence-electron chi connectivity index (χ4n) is 0.263. The molecule has 0 atom stereocenters. The number of carboxylic acids is 2. The molecule has 0 bridgehead atoms. The van der Waals surface area contributed by atoms with E-state index in [0.29, 0.717) is 13.0 Å². The standard InChI is InChI=1S/C5H10O2.C2H2O4/c1-3-5(6)7-4-2;3-1(4)2(5)6/h3-4H2,1-2H3;(H,3,4)(H,5,6). The zero-order valence-corrected chi connectivity index (χ0v) is 7.44. The number of hydrogen-bond acceptors (Lipinski definition) is 4. The van der Waals surface area contributed by atoms with Gasteiger partial charge in [0.25, 0.3) is 0 Å². The molecule has 0 spiro atoms. The highest BCUT2D eigenvalue weighted by molar-refractivity contribution is 6.27. The Hall–Kier alpha value is -1.59. The predicted molar refractivity (Wildman–Crippen MR) is 42.2 cm³/mol. The number of esters is 1. The van der Waals surface area contributed by atoms with Gasteiger partial charge in [-0.1, -0.05) is 6.92 Å². The molecule has 0 aromatic heterocycles. The molecule has 0 unspecified atom stereocenters. The van der Waals surface area contributed by atoms with E-state index in [1.165, 1.54) is 0 Å². The molecule has 0 rings (SSSR count). The predicted octanol–water partition coefficient (Wildman–Crippen LogP) is 0.115. The minimum absolute atomic E-state index is 0.123. The highest BCUT2D eigenvalue weighted by Crippen LogP contribution is 1.80. The number of carbonyl (C=O) groups excluding carboxylic acids is 1. The van der Waals surface area contributed by atoms with Crippen molar-refractivity contribution < 1.29 is 29.3 Å². The van der Waals surface area contributed by atoms with Crippen LogP contribution in [0.25, 0.3) is 0 Å². The molecular weight excluding hydrogens is 180 g/mol. The van der Waals surface area contributed by atoms with Crippen LogP contribution in [0.15, 0.2) is 0 Å². The molecule has 0 aliphatic rings. The Labute approximate surface area is 75.1 Å². The SMILES string of the molecule is CCOC(=O)CC.O=C(O)C(=O)O. The first-order valence-electron chi connectivity index (χ1n) is 3.57. The number of ether oxygens (including phenoxy) is 1. The third-order valence-corrected chi connectivity index (χ3v) is 0.777. The summed E-state index contributed by atoms with van der Waals surface area (Å²) in [5, 5.41) is 14.8. The monoisotopic (exact) mass is 192 g/mol. The van der Waals surface area contributed by atoms with Crippen LogP contribution >= 0.6 is 0 Å². The van der Waals surface area contributed by atoms with Crippen molar-refractivity contribution in [3.05, 3.63) is 0 Å². The summed E-state index contributed by atoms with van der Waals surface area (Å²) in [6.07, 6.45) is 0.480. The van der Waals surface area contributed by atoms with Crippen LogP contribution in [0.3, 0.4) is 0 Å². The van der Waals surface area contributed by atoms with E-state index in [1.54, 1.807) is 13.8 Å². The largest absolute Gasteiger partial charge is 0.473 e. The van der Waals surface area contributed by atoms with E-state index in [1.807, 2.05) is 0 Å². The van der Waals surface area contributed by atoms with Crippen molar-refractivity contribution in [2.24, 2.45) is 0 Å². The van der Waals surface area contributed by atoms with E-state index in [2.05, 4.69) is 4.74 Å². The van der Waals surface area contributed by atoms with Crippen molar-refractivity contribution in [1.29, 1.82) is 0 Å². The molecule has 0 saturated carbocycles. The second-order valence-electron chi connectivity index (χ2n) is 1.77. The van der Waals surface area contributed by atoms with Gasteiger partial charge in [0.05, 0.1) is 6.61 Å². The molecule has 76 valence electrons. The van der Waals surface area contributed by atoms with E-state index in [4.69, 9.17) is 19.8 Å². The van der Waals surface area contributed by atoms with Gasteiger partial charge >= 0.3 is 17.9 Å². The second kappa shape index (κ2) is 8.51. The van der Waals surface area contributed by atoms with Gasteiger partial charge < -0.3 is 14.9 Å². The zero-order chi connectivity index (χ0) is 10.9. The zero-order valence-electron chi connectivity index (χ0n) is 7.44. The highest BCUT2D eigenvalue weighted by Gasteiger charge is 2.04. The molecule has 0 aliphatic carbocycles. The minimum Gasteiger partial charge on any atom is -0.473 e. The molecule has 0 radical (unpaired) electrons. The van der Waals surface area contributed by atoms with E-state index in [-0.39, 0.29) is 5.97 Å². The van der Waals surface area contributed by atoms with Gasteiger partial charge in [-0.2, -0.15) is 0 Å². The fourth-order valence-corrected chi connectivity index (χ4v) is 0.263. The summed E-state index contributed by atoms with van der Waals surface area (Å²) in [7, 11) is 0. The van der Waals surface area contributed by atoms with Crippen molar-refractivity contribution in [1.82, 2.24) is 0 Å². The number of hydrogen-bond donors (Lipinski definition) is 2. The van der Waals surface area contributed by atoms with E-state index < -0.39 is 11.9 Å². The molecule has 6 heteroatoms. The number of rotatable bonds is 2. The van der Waals surface area contributed by atoms with Gasteiger partial charge in [0, 0.05) is 6.42 Å². The molecule has 13 heavy (non-hydrogen) atoms. The third-order valence-electron chi connectivity index (χ3n) is 0.777. The lowest BCUT2D eigenvalue weighted by molar-refractivity contribution is -0.159. The molecule has 0 aromatic carbocycles. The Balaban J connectivity index is 0. The fraction of sp³-hybridized carbons (Fsp3) is 0.571. The first-order valence-corrected chi connectivity index (χ1v) is 3.57. The van der Waals surface area contributed by atoms with Crippen LogP contribution in [0.4, 0.5) is 0 Å². The number of aliphatic carboxylic acids is 2. The molecule has 0 saturated heterocycles. The van der Waals surface area contributed by atoms with Crippen molar-refractivity contribution in [3.8, 4) is 0 Å². The van der Waals surface area contributed by atoms with Crippen molar-refractivity contribution in [2.75, 3.05) is 6.61 Å². The van der Waals surface area contributed by atoms with Gasteiger partial charge in [0.15, 0.2) is 0 Å². The Morgan fingerprint density at radius 3 is 1.54 bits per heavy atom. The van der Waals surface area contributed by atoms with Crippen LogP contribution in [0.5, 0.6) is 0 Å². The summed E-state index contributed by atoms with van der Waals surface area (Å²) < 4.78 is 4.55. The summed E-state index contributed by atoms with van der Waals surface area (Å²) in [5.41, 5.74) is 0. The van der Waals surface area contributed by atoms with Crippen LogP contribution in [0, 0.1) is 0 Å². The molecule has 0 aromatic rings. The third kappa shape index (κ3) is 13.4. The molecular formula is C7H12O6. The molecule has 6 nitrogen and oxygen atoms in total. The second-order valence-corrected chi connectivity index (χ2v) is 1.77. The normalized spacial score (nSPS) is 7.85. The maximum atomic E-state index is 10.2. The lowest BCUT2D eigenvalue weighted by Gasteiger charge is -1.93. The van der Waals surface area contributed by atoms with Gasteiger partial charge in [-0.05, 0) is 6.92 Å². The summed E-state index contributed by atoms with van der Waals surface area (Å²) in [6, 6.07) is 0. The van der Waals surface area contributed by atoms with Gasteiger partial charge in [0.1, 0.15) is 0 Å². The van der Waals surface area contributed by atoms with E-state index in [0.717, 1.165) is 0 Å². The average molecular weight is 192 g/mol. The molecule has 0 amide bonds. The Morgan fingerprint density at radius 1 is 1.08 bits per heavy atom. The first kappa shape index (κ1) is 14.0. The smallest absolute Gasteiger partial charge is 0.414 e. The lowest BCUT2D eigenvalue weighted by atomic mass is 10.5. The number of carbonyl (C=O) groups is 3. The molecule has 0 heterocycles. The van der Waals surface area contributed by atoms with Gasteiger partial charge in [-0.25, -0.2) is 9.59 Å². The van der Waals surface area contributed by atoms with Crippen LogP contribution in [-0.4, -0.2) is 34.7 Å². The minimum atomic E-state index is -1.82. The van der Waals surface area contributed by atoms with Crippen molar-refractivity contribution in [2.45, 2.75) is 20.3 Å². The van der Waals surface area contributed by atoms with Crippen LogP contribution < -0.4 is 0 Å².